The van der Waals surface area contributed by atoms with Crippen molar-refractivity contribution in [3.8, 4) is 21.9 Å². The number of aliphatic hydroxyl groups is 1. The zero-order chi connectivity index (χ0) is 27.5. The van der Waals surface area contributed by atoms with E-state index < -0.39 is 6.10 Å². The molecule has 1 saturated heterocycles. The van der Waals surface area contributed by atoms with E-state index in [1.807, 2.05) is 101 Å². The van der Waals surface area contributed by atoms with Crippen LogP contribution in [0.1, 0.15) is 34.8 Å². The molecule has 0 radical (unpaired) electrons. The zero-order valence-electron chi connectivity index (χ0n) is 21.9. The number of piperazine rings is 1. The Bertz CT molecular complexity index is 1570. The normalized spacial score (nSPS) is 16.1. The molecule has 5 aromatic rings. The van der Waals surface area contributed by atoms with E-state index in [0.29, 0.717) is 36.8 Å². The number of anilines is 1. The highest BCUT2D eigenvalue weighted by atomic mass is 32.1. The fourth-order valence-electron chi connectivity index (χ4n) is 4.86. The van der Waals surface area contributed by atoms with Crippen LogP contribution < -0.4 is 9.64 Å². The Morgan fingerprint density at radius 3 is 2.45 bits per heavy atom. The summed E-state index contributed by atoms with van der Waals surface area (Å²) in [5, 5.41) is 13.7. The van der Waals surface area contributed by atoms with Gasteiger partial charge in [0.25, 0.3) is 5.91 Å². The van der Waals surface area contributed by atoms with E-state index in [2.05, 4.69) is 21.2 Å². The van der Waals surface area contributed by atoms with Crippen LogP contribution in [0.3, 0.4) is 0 Å². The molecule has 1 N–H and O–H groups in total. The highest BCUT2D eigenvalue weighted by Gasteiger charge is 2.31. The second-order valence-corrected chi connectivity index (χ2v) is 11.3. The number of carbonyl (C=O) groups excluding carboxylic acids is 1. The minimum Gasteiger partial charge on any atom is -0.457 e. The number of aliphatic hydroxyl groups excluding tert-OH is 1. The number of para-hydroxylation sites is 1. The fourth-order valence-corrected chi connectivity index (χ4v) is 6.36. The summed E-state index contributed by atoms with van der Waals surface area (Å²) >= 11 is 2.91. The van der Waals surface area contributed by atoms with Gasteiger partial charge in [-0.05, 0) is 54.3 Å². The first-order valence-electron chi connectivity index (χ1n) is 13.1. The van der Waals surface area contributed by atoms with Gasteiger partial charge in [0, 0.05) is 53.2 Å². The number of benzene rings is 3. The van der Waals surface area contributed by atoms with E-state index in [1.165, 1.54) is 11.5 Å². The van der Waals surface area contributed by atoms with Crippen LogP contribution in [-0.2, 0) is 0 Å². The molecular weight excluding hydrogens is 541 g/mol. The molecule has 0 aliphatic carbocycles. The summed E-state index contributed by atoms with van der Waals surface area (Å²) < 4.78 is 10.3. The SMILES string of the molecule is CC1CN(c2nc(C(O)c3ccc(Oc4ccccc4)cc3)ns2)CCN1C(=O)c1ccccc1-c1cccs1. The average molecular weight is 569 g/mol. The molecule has 40 heavy (non-hydrogen) atoms. The standard InChI is InChI=1S/C31H28N4O3S2/c1-21-20-34(17-18-35(21)30(37)26-11-6-5-10-25(26)27-12-7-19-39-27)31-32-29(33-40-31)28(36)22-13-15-24(16-14-22)38-23-8-3-2-4-9-23/h2-16,19,21,28,36H,17-18,20H2,1H3. The highest BCUT2D eigenvalue weighted by Crippen LogP contribution is 2.31. The molecule has 0 spiro atoms. The van der Waals surface area contributed by atoms with Crippen LogP contribution in [0.15, 0.2) is 96.4 Å². The third kappa shape index (κ3) is 5.49. The lowest BCUT2D eigenvalue weighted by Crippen LogP contribution is -2.54. The summed E-state index contributed by atoms with van der Waals surface area (Å²) in [6.45, 7) is 3.93. The van der Waals surface area contributed by atoms with E-state index in [-0.39, 0.29) is 11.9 Å². The largest absolute Gasteiger partial charge is 0.457 e. The lowest BCUT2D eigenvalue weighted by atomic mass is 10.0. The maximum absolute atomic E-state index is 13.6. The Morgan fingerprint density at radius 1 is 0.950 bits per heavy atom. The third-order valence-corrected chi connectivity index (χ3v) is 8.65. The molecule has 3 heterocycles. The van der Waals surface area contributed by atoms with Crippen LogP contribution in [0.5, 0.6) is 11.5 Å². The third-order valence-electron chi connectivity index (χ3n) is 6.95. The summed E-state index contributed by atoms with van der Waals surface area (Å²) in [4.78, 5) is 23.4. The van der Waals surface area contributed by atoms with Crippen molar-refractivity contribution in [2.24, 2.45) is 0 Å². The summed E-state index contributed by atoms with van der Waals surface area (Å²) in [7, 11) is 0. The van der Waals surface area contributed by atoms with Crippen molar-refractivity contribution in [1.29, 1.82) is 0 Å². The molecule has 202 valence electrons. The van der Waals surface area contributed by atoms with Crippen LogP contribution in [0.25, 0.3) is 10.4 Å². The maximum atomic E-state index is 13.6. The number of hydrogen-bond acceptors (Lipinski definition) is 8. The Morgan fingerprint density at radius 2 is 1.70 bits per heavy atom. The number of hydrogen-bond donors (Lipinski definition) is 1. The molecule has 2 unspecified atom stereocenters. The number of carbonyl (C=O) groups is 1. The van der Waals surface area contributed by atoms with E-state index in [0.717, 1.165) is 26.9 Å². The topological polar surface area (TPSA) is 78.8 Å². The second kappa shape index (κ2) is 11.6. The number of thiophene rings is 1. The monoisotopic (exact) mass is 568 g/mol. The maximum Gasteiger partial charge on any atom is 0.254 e. The van der Waals surface area contributed by atoms with Gasteiger partial charge in [-0.3, -0.25) is 4.79 Å². The first kappa shape index (κ1) is 26.2. The molecular formula is C31H28N4O3S2. The minimum atomic E-state index is -0.940. The summed E-state index contributed by atoms with van der Waals surface area (Å²) in [6, 6.07) is 28.7. The van der Waals surface area contributed by atoms with Crippen LogP contribution in [-0.4, -0.2) is 50.9 Å². The van der Waals surface area contributed by atoms with Gasteiger partial charge in [-0.1, -0.05) is 54.6 Å². The summed E-state index contributed by atoms with van der Waals surface area (Å²) in [5.74, 6) is 1.86. The Kier molecular flexibility index (Phi) is 7.59. The number of ether oxygens (including phenoxy) is 1. The lowest BCUT2D eigenvalue weighted by molar-refractivity contribution is 0.0675. The van der Waals surface area contributed by atoms with Crippen LogP contribution >= 0.6 is 22.9 Å². The minimum absolute atomic E-state index is 0.00734. The van der Waals surface area contributed by atoms with Gasteiger partial charge >= 0.3 is 0 Å². The van der Waals surface area contributed by atoms with Gasteiger partial charge < -0.3 is 19.6 Å². The first-order valence-corrected chi connectivity index (χ1v) is 14.8. The Balaban J connectivity index is 1.10. The van der Waals surface area contributed by atoms with Crippen molar-refractivity contribution < 1.29 is 14.6 Å². The van der Waals surface area contributed by atoms with Gasteiger partial charge in [-0.15, -0.1) is 11.3 Å². The molecule has 1 aliphatic rings. The van der Waals surface area contributed by atoms with Gasteiger partial charge in [0.15, 0.2) is 5.82 Å². The van der Waals surface area contributed by atoms with Crippen LogP contribution in [0.2, 0.25) is 0 Å². The van der Waals surface area contributed by atoms with Crippen molar-refractivity contribution in [2.45, 2.75) is 19.1 Å². The van der Waals surface area contributed by atoms with Gasteiger partial charge in [0.2, 0.25) is 5.13 Å². The molecule has 1 aliphatic heterocycles. The van der Waals surface area contributed by atoms with Crippen molar-refractivity contribution >= 4 is 33.9 Å². The number of amides is 1. The quantitative estimate of drug-likeness (QED) is 0.242. The smallest absolute Gasteiger partial charge is 0.254 e. The fraction of sp³-hybridized carbons (Fsp3) is 0.194. The van der Waals surface area contributed by atoms with Crippen molar-refractivity contribution in [2.75, 3.05) is 24.5 Å². The second-order valence-electron chi connectivity index (χ2n) is 9.64. The van der Waals surface area contributed by atoms with E-state index in [1.54, 1.807) is 11.3 Å². The molecule has 0 bridgehead atoms. The molecule has 2 atom stereocenters. The number of nitrogens with zero attached hydrogens (tertiary/aromatic N) is 4. The van der Waals surface area contributed by atoms with E-state index >= 15 is 0 Å². The molecule has 3 aromatic carbocycles. The number of rotatable bonds is 7. The summed E-state index contributed by atoms with van der Waals surface area (Å²) in [6.07, 6.45) is -0.940. The molecule has 2 aromatic heterocycles. The van der Waals surface area contributed by atoms with Gasteiger partial charge in [-0.25, -0.2) is 4.98 Å². The molecule has 6 rings (SSSR count). The lowest BCUT2D eigenvalue weighted by Gasteiger charge is -2.39. The first-order chi connectivity index (χ1) is 19.6. The van der Waals surface area contributed by atoms with E-state index in [9.17, 15) is 9.90 Å². The molecule has 9 heteroatoms. The number of aromatic nitrogens is 2. The Labute approximate surface area is 241 Å². The Hall–Kier alpha value is -4.05. The highest BCUT2D eigenvalue weighted by molar-refractivity contribution is 7.13. The van der Waals surface area contributed by atoms with Gasteiger partial charge in [-0.2, -0.15) is 4.37 Å². The molecule has 7 nitrogen and oxygen atoms in total. The molecule has 0 saturated carbocycles. The average Bonchev–Trinajstić information content (AvgIpc) is 3.71. The van der Waals surface area contributed by atoms with E-state index in [4.69, 9.17) is 4.74 Å². The van der Waals surface area contributed by atoms with Crippen molar-refractivity contribution in [1.82, 2.24) is 14.3 Å². The van der Waals surface area contributed by atoms with Crippen molar-refractivity contribution in [3.63, 3.8) is 0 Å². The molecule has 1 fully saturated rings. The molecule has 1 amide bonds. The zero-order valence-corrected chi connectivity index (χ0v) is 23.5. The van der Waals surface area contributed by atoms with Crippen LogP contribution in [0.4, 0.5) is 5.13 Å². The summed E-state index contributed by atoms with van der Waals surface area (Å²) in [5.41, 5.74) is 2.39. The predicted molar refractivity (Wildman–Crippen MR) is 159 cm³/mol. The van der Waals surface area contributed by atoms with Gasteiger partial charge in [0.05, 0.1) is 0 Å². The van der Waals surface area contributed by atoms with Crippen molar-refractivity contribution in [3.05, 3.63) is 113 Å². The van der Waals surface area contributed by atoms with Gasteiger partial charge in [0.1, 0.15) is 17.6 Å². The van der Waals surface area contributed by atoms with Crippen LogP contribution in [0, 0.1) is 0 Å². The predicted octanol–water partition coefficient (Wildman–Crippen LogP) is 6.49.